The van der Waals surface area contributed by atoms with Crippen LogP contribution in [0.5, 0.6) is 11.5 Å². The summed E-state index contributed by atoms with van der Waals surface area (Å²) in [4.78, 5) is 40.2. The molecule has 1 heterocycles. The van der Waals surface area contributed by atoms with E-state index in [9.17, 15) is 23.2 Å². The van der Waals surface area contributed by atoms with E-state index in [4.69, 9.17) is 14.2 Å². The molecule has 2 aromatic carbocycles. The summed E-state index contributed by atoms with van der Waals surface area (Å²) in [6, 6.07) is 11.7. The lowest BCUT2D eigenvalue weighted by Gasteiger charge is -2.19. The van der Waals surface area contributed by atoms with E-state index in [0.717, 1.165) is 23.3 Å². The lowest BCUT2D eigenvalue weighted by atomic mass is 9.88. The zero-order valence-electron chi connectivity index (χ0n) is 24.4. The average Bonchev–Trinajstić information content (AvgIpc) is 3.34. The number of carbonyl (C=O) groups excluding carboxylic acids is 3. The van der Waals surface area contributed by atoms with E-state index in [1.165, 1.54) is 47.7 Å². The van der Waals surface area contributed by atoms with Gasteiger partial charge in [-0.15, -0.1) is 11.3 Å². The lowest BCUT2D eigenvalue weighted by Crippen LogP contribution is -2.35. The fourth-order valence-corrected chi connectivity index (χ4v) is 6.19. The van der Waals surface area contributed by atoms with Gasteiger partial charge < -0.3 is 24.8 Å². The molecule has 0 saturated carbocycles. The largest absolute Gasteiger partial charge is 0.478 e. The Morgan fingerprint density at radius 3 is 2.16 bits per heavy atom. The van der Waals surface area contributed by atoms with Crippen molar-refractivity contribution in [3.05, 3.63) is 76.2 Å². The molecule has 0 saturated heterocycles. The summed E-state index contributed by atoms with van der Waals surface area (Å²) in [5.74, 6) is -2.35. The van der Waals surface area contributed by atoms with E-state index < -0.39 is 41.6 Å². The molecule has 1 aliphatic rings. The first-order chi connectivity index (χ1) is 20.7. The molecule has 2 amide bonds. The van der Waals surface area contributed by atoms with Crippen molar-refractivity contribution in [1.82, 2.24) is 5.32 Å². The Balaban J connectivity index is 1.40. The maximum absolute atomic E-state index is 14.2. The highest BCUT2D eigenvalue weighted by molar-refractivity contribution is 7.17. The highest BCUT2D eigenvalue weighted by Crippen LogP contribution is 2.40. The summed E-state index contributed by atoms with van der Waals surface area (Å²) in [7, 11) is 0. The van der Waals surface area contributed by atoms with Gasteiger partial charge in [0.25, 0.3) is 11.8 Å². The second-order valence-corrected chi connectivity index (χ2v) is 11.5. The van der Waals surface area contributed by atoms with Crippen LogP contribution in [0.2, 0.25) is 0 Å². The van der Waals surface area contributed by atoms with Gasteiger partial charge >= 0.3 is 5.97 Å². The van der Waals surface area contributed by atoms with Crippen molar-refractivity contribution in [2.45, 2.75) is 65.1 Å². The van der Waals surface area contributed by atoms with Gasteiger partial charge in [-0.2, -0.15) is 0 Å². The number of hydrogen-bond donors (Lipinski definition) is 2. The van der Waals surface area contributed by atoms with E-state index >= 15 is 0 Å². The standard InChI is InChI=1S/C32H36F2N2O6S/c1-4-23(41-25-12-8-6-10-21(25)33)29(37)36-31-28(20-15-14-19(3)18-27(20)43-31)30(38)35-16-17-40-32(39)24(5-2)42-26-13-9-7-11-22(26)34/h6-13,19,23-24H,4-5,14-18H2,1-3H3,(H,35,38)(H,36,37). The highest BCUT2D eigenvalue weighted by atomic mass is 32.1. The first-order valence-electron chi connectivity index (χ1n) is 14.4. The van der Waals surface area contributed by atoms with Crippen LogP contribution in [-0.4, -0.2) is 43.1 Å². The Bertz CT molecular complexity index is 1440. The molecule has 1 aliphatic carbocycles. The molecule has 4 rings (SSSR count). The van der Waals surface area contributed by atoms with Gasteiger partial charge in [0, 0.05) is 4.88 Å². The molecular weight excluding hydrogens is 578 g/mol. The van der Waals surface area contributed by atoms with Crippen LogP contribution in [0.3, 0.4) is 0 Å². The second-order valence-electron chi connectivity index (χ2n) is 10.4. The first kappa shape index (κ1) is 31.9. The summed E-state index contributed by atoms with van der Waals surface area (Å²) in [5, 5.41) is 6.03. The maximum Gasteiger partial charge on any atom is 0.347 e. The van der Waals surface area contributed by atoms with Crippen LogP contribution in [0, 0.1) is 17.6 Å². The van der Waals surface area contributed by atoms with Crippen molar-refractivity contribution < 1.29 is 37.4 Å². The average molecular weight is 615 g/mol. The SMILES string of the molecule is CCC(Oc1ccccc1F)C(=O)Nc1sc2c(c1C(=O)NCCOC(=O)C(CC)Oc1ccccc1F)CCC(C)C2. The van der Waals surface area contributed by atoms with Crippen molar-refractivity contribution in [3.8, 4) is 11.5 Å². The third-order valence-corrected chi connectivity index (χ3v) is 8.29. The zero-order valence-corrected chi connectivity index (χ0v) is 25.2. The smallest absolute Gasteiger partial charge is 0.347 e. The summed E-state index contributed by atoms with van der Waals surface area (Å²) >= 11 is 1.36. The second kappa shape index (κ2) is 15.0. The fraction of sp³-hybridized carbons (Fsp3) is 0.406. The molecule has 230 valence electrons. The van der Waals surface area contributed by atoms with Gasteiger partial charge in [0.05, 0.1) is 12.1 Å². The highest BCUT2D eigenvalue weighted by Gasteiger charge is 2.30. The Hall–Kier alpha value is -3.99. The monoisotopic (exact) mass is 614 g/mol. The molecule has 0 radical (unpaired) electrons. The van der Waals surface area contributed by atoms with Crippen LogP contribution in [0.15, 0.2) is 48.5 Å². The van der Waals surface area contributed by atoms with Crippen LogP contribution in [0.1, 0.15) is 60.8 Å². The molecular formula is C32H36F2N2O6S. The quantitative estimate of drug-likeness (QED) is 0.179. The zero-order chi connectivity index (χ0) is 30.9. The molecule has 8 nitrogen and oxygen atoms in total. The van der Waals surface area contributed by atoms with Gasteiger partial charge in [0.2, 0.25) is 0 Å². The summed E-state index contributed by atoms with van der Waals surface area (Å²) in [6.45, 7) is 5.51. The number of anilines is 1. The van der Waals surface area contributed by atoms with E-state index in [1.54, 1.807) is 26.0 Å². The van der Waals surface area contributed by atoms with E-state index in [2.05, 4.69) is 17.6 Å². The van der Waals surface area contributed by atoms with Crippen molar-refractivity contribution in [2.24, 2.45) is 5.92 Å². The molecule has 0 aliphatic heterocycles. The molecule has 3 aromatic rings. The number of ether oxygens (including phenoxy) is 3. The molecule has 0 fully saturated rings. The topological polar surface area (TPSA) is 103 Å². The van der Waals surface area contributed by atoms with E-state index in [-0.39, 0.29) is 37.5 Å². The third-order valence-electron chi connectivity index (χ3n) is 7.12. The molecule has 0 spiro atoms. The predicted octanol–water partition coefficient (Wildman–Crippen LogP) is 6.08. The van der Waals surface area contributed by atoms with Crippen LogP contribution in [0.4, 0.5) is 13.8 Å². The molecule has 3 atom stereocenters. The van der Waals surface area contributed by atoms with E-state index in [0.29, 0.717) is 22.9 Å². The van der Waals surface area contributed by atoms with Crippen molar-refractivity contribution in [1.29, 1.82) is 0 Å². The third kappa shape index (κ3) is 8.10. The van der Waals surface area contributed by atoms with Crippen molar-refractivity contribution in [2.75, 3.05) is 18.5 Å². The van der Waals surface area contributed by atoms with Gasteiger partial charge in [-0.1, -0.05) is 45.0 Å². The molecule has 3 unspecified atom stereocenters. The molecule has 2 N–H and O–H groups in total. The summed E-state index contributed by atoms with van der Waals surface area (Å²) in [5.41, 5.74) is 1.27. The van der Waals surface area contributed by atoms with Crippen LogP contribution in [-0.2, 0) is 27.2 Å². The van der Waals surface area contributed by atoms with Crippen LogP contribution >= 0.6 is 11.3 Å². The number of benzene rings is 2. The number of nitrogens with one attached hydrogen (secondary N) is 2. The van der Waals surface area contributed by atoms with Crippen LogP contribution in [0.25, 0.3) is 0 Å². The Labute approximate surface area is 253 Å². The number of para-hydroxylation sites is 2. The van der Waals surface area contributed by atoms with Gasteiger partial charge in [-0.3, -0.25) is 9.59 Å². The molecule has 1 aromatic heterocycles. The molecule has 11 heteroatoms. The first-order valence-corrected chi connectivity index (χ1v) is 15.3. The van der Waals surface area contributed by atoms with Gasteiger partial charge in [-0.05, 0) is 67.9 Å². The predicted molar refractivity (Wildman–Crippen MR) is 160 cm³/mol. The number of rotatable bonds is 13. The van der Waals surface area contributed by atoms with Gasteiger partial charge in [0.15, 0.2) is 35.3 Å². The Morgan fingerprint density at radius 1 is 0.953 bits per heavy atom. The number of hydrogen-bond acceptors (Lipinski definition) is 7. The van der Waals surface area contributed by atoms with E-state index in [1.807, 2.05) is 0 Å². The van der Waals surface area contributed by atoms with Gasteiger partial charge in [0.1, 0.15) is 11.6 Å². The number of halogens is 2. The maximum atomic E-state index is 14.2. The number of thiophene rings is 1. The number of carbonyl (C=O) groups is 3. The van der Waals surface area contributed by atoms with Crippen LogP contribution < -0.4 is 20.1 Å². The molecule has 43 heavy (non-hydrogen) atoms. The Kier molecular flexibility index (Phi) is 11.1. The normalized spacial score (nSPS) is 15.5. The van der Waals surface area contributed by atoms with Gasteiger partial charge in [-0.25, -0.2) is 13.6 Å². The molecule has 0 bridgehead atoms. The summed E-state index contributed by atoms with van der Waals surface area (Å²) < 4.78 is 44.5. The van der Waals surface area contributed by atoms with Crippen molar-refractivity contribution in [3.63, 3.8) is 0 Å². The number of amides is 2. The minimum absolute atomic E-state index is 0.0170. The number of fused-ring (bicyclic) bond motifs is 1. The lowest BCUT2D eigenvalue weighted by molar-refractivity contribution is -0.152. The fourth-order valence-electron chi connectivity index (χ4n) is 4.78. The number of esters is 1. The Morgan fingerprint density at radius 2 is 1.56 bits per heavy atom. The minimum Gasteiger partial charge on any atom is -0.478 e. The van der Waals surface area contributed by atoms with Crippen molar-refractivity contribution >= 4 is 34.1 Å². The minimum atomic E-state index is -1.00. The summed E-state index contributed by atoms with van der Waals surface area (Å²) in [6.07, 6.45) is 0.966.